The molecule has 20 heavy (non-hydrogen) atoms. The van der Waals surface area contributed by atoms with Crippen molar-refractivity contribution in [3.63, 3.8) is 0 Å². The molecule has 0 saturated heterocycles. The lowest BCUT2D eigenvalue weighted by Crippen LogP contribution is -2.36. The number of hydrogen-bond acceptors (Lipinski definition) is 4. The highest BCUT2D eigenvalue weighted by Crippen LogP contribution is 2.39. The van der Waals surface area contributed by atoms with Crippen molar-refractivity contribution in [2.75, 3.05) is 23.7 Å². The third-order valence-electron chi connectivity index (χ3n) is 3.28. The molecular formula is C13H19F3N4. The molecule has 7 heteroatoms. The van der Waals surface area contributed by atoms with Gasteiger partial charge in [-0.2, -0.15) is 13.2 Å². The SMILES string of the molecule is CCCN(CC(F)(F)F)c1nc(C2CC2)nc(N)c1C. The highest BCUT2D eigenvalue weighted by atomic mass is 19.4. The Morgan fingerprint density at radius 3 is 2.45 bits per heavy atom. The second-order valence-corrected chi connectivity index (χ2v) is 5.23. The van der Waals surface area contributed by atoms with Crippen LogP contribution in [0.3, 0.4) is 0 Å². The third-order valence-corrected chi connectivity index (χ3v) is 3.28. The maximum atomic E-state index is 12.7. The maximum absolute atomic E-state index is 12.7. The minimum Gasteiger partial charge on any atom is -0.383 e. The molecule has 0 aromatic carbocycles. The highest BCUT2D eigenvalue weighted by molar-refractivity contribution is 5.57. The van der Waals surface area contributed by atoms with E-state index < -0.39 is 12.7 Å². The lowest BCUT2D eigenvalue weighted by atomic mass is 10.2. The van der Waals surface area contributed by atoms with Crippen molar-refractivity contribution in [3.8, 4) is 0 Å². The minimum absolute atomic E-state index is 0.256. The number of nitrogen functional groups attached to an aromatic ring is 1. The van der Waals surface area contributed by atoms with E-state index in [0.717, 1.165) is 12.8 Å². The Bertz CT molecular complexity index is 483. The van der Waals surface area contributed by atoms with Crippen LogP contribution in [0.4, 0.5) is 24.8 Å². The van der Waals surface area contributed by atoms with Gasteiger partial charge >= 0.3 is 6.18 Å². The Morgan fingerprint density at radius 2 is 1.95 bits per heavy atom. The summed E-state index contributed by atoms with van der Waals surface area (Å²) in [6, 6.07) is 0. The zero-order chi connectivity index (χ0) is 14.9. The van der Waals surface area contributed by atoms with Gasteiger partial charge in [0.15, 0.2) is 0 Å². The number of nitrogens with two attached hydrogens (primary N) is 1. The second kappa shape index (κ2) is 5.46. The summed E-state index contributed by atoms with van der Waals surface area (Å²) in [6.07, 6.45) is -1.69. The normalized spacial score (nSPS) is 15.4. The highest BCUT2D eigenvalue weighted by Gasteiger charge is 2.33. The number of rotatable bonds is 5. The molecule has 1 aromatic rings. The first-order valence-corrected chi connectivity index (χ1v) is 6.77. The fourth-order valence-electron chi connectivity index (χ4n) is 2.12. The number of aromatic nitrogens is 2. The van der Waals surface area contributed by atoms with Gasteiger partial charge in [0.05, 0.1) is 0 Å². The van der Waals surface area contributed by atoms with Gasteiger partial charge in [-0.3, -0.25) is 0 Å². The Kier molecular flexibility index (Phi) is 4.06. The lowest BCUT2D eigenvalue weighted by molar-refractivity contribution is -0.119. The van der Waals surface area contributed by atoms with E-state index in [2.05, 4.69) is 9.97 Å². The van der Waals surface area contributed by atoms with Gasteiger partial charge in [-0.15, -0.1) is 0 Å². The summed E-state index contributed by atoms with van der Waals surface area (Å²) in [5.74, 6) is 1.43. The molecule has 1 fully saturated rings. The maximum Gasteiger partial charge on any atom is 0.405 e. The van der Waals surface area contributed by atoms with Gasteiger partial charge in [0.25, 0.3) is 0 Å². The summed E-state index contributed by atoms with van der Waals surface area (Å²) in [7, 11) is 0. The van der Waals surface area contributed by atoms with Gasteiger partial charge in [-0.05, 0) is 26.2 Å². The molecule has 1 aromatic heterocycles. The summed E-state index contributed by atoms with van der Waals surface area (Å²) in [5.41, 5.74) is 6.35. The smallest absolute Gasteiger partial charge is 0.383 e. The molecule has 0 amide bonds. The second-order valence-electron chi connectivity index (χ2n) is 5.23. The van der Waals surface area contributed by atoms with Gasteiger partial charge in [-0.1, -0.05) is 6.92 Å². The summed E-state index contributed by atoms with van der Waals surface area (Å²) in [6.45, 7) is 2.79. The Balaban J connectivity index is 2.35. The largest absolute Gasteiger partial charge is 0.405 e. The van der Waals surface area contributed by atoms with Crippen molar-refractivity contribution >= 4 is 11.6 Å². The van der Waals surface area contributed by atoms with Crippen molar-refractivity contribution in [1.82, 2.24) is 9.97 Å². The zero-order valence-corrected chi connectivity index (χ0v) is 11.7. The van der Waals surface area contributed by atoms with E-state index in [4.69, 9.17) is 5.73 Å². The van der Waals surface area contributed by atoms with Crippen LogP contribution in [0.1, 0.15) is 43.5 Å². The van der Waals surface area contributed by atoms with Crippen LogP contribution in [0, 0.1) is 6.92 Å². The van der Waals surface area contributed by atoms with Gasteiger partial charge in [0, 0.05) is 18.0 Å². The van der Waals surface area contributed by atoms with Crippen LogP contribution in [0.2, 0.25) is 0 Å². The van der Waals surface area contributed by atoms with Gasteiger partial charge in [0.2, 0.25) is 0 Å². The fourth-order valence-corrected chi connectivity index (χ4v) is 2.12. The van der Waals surface area contributed by atoms with E-state index in [-0.39, 0.29) is 11.7 Å². The third kappa shape index (κ3) is 3.52. The zero-order valence-electron chi connectivity index (χ0n) is 11.7. The summed E-state index contributed by atoms with van der Waals surface area (Å²) >= 11 is 0. The molecule has 0 spiro atoms. The van der Waals surface area contributed by atoms with E-state index in [1.807, 2.05) is 6.92 Å². The van der Waals surface area contributed by atoms with Gasteiger partial charge in [-0.25, -0.2) is 9.97 Å². The van der Waals surface area contributed by atoms with E-state index in [1.165, 1.54) is 4.90 Å². The minimum atomic E-state index is -4.26. The molecule has 0 radical (unpaired) electrons. The van der Waals surface area contributed by atoms with Crippen molar-refractivity contribution in [2.24, 2.45) is 0 Å². The molecule has 1 heterocycles. The predicted molar refractivity (Wildman–Crippen MR) is 71.7 cm³/mol. The summed E-state index contributed by atoms with van der Waals surface area (Å²) in [5, 5.41) is 0. The molecule has 112 valence electrons. The molecule has 0 unspecified atom stereocenters. The first-order chi connectivity index (χ1) is 9.31. The lowest BCUT2D eigenvalue weighted by Gasteiger charge is -2.26. The summed E-state index contributed by atoms with van der Waals surface area (Å²) in [4.78, 5) is 9.78. The molecule has 0 aliphatic heterocycles. The van der Waals surface area contributed by atoms with Crippen molar-refractivity contribution in [3.05, 3.63) is 11.4 Å². The Hall–Kier alpha value is -1.53. The first kappa shape index (κ1) is 14.9. The topological polar surface area (TPSA) is 55.0 Å². The molecule has 4 nitrogen and oxygen atoms in total. The molecule has 0 bridgehead atoms. The van der Waals surface area contributed by atoms with Gasteiger partial charge < -0.3 is 10.6 Å². The van der Waals surface area contributed by atoms with Crippen molar-refractivity contribution < 1.29 is 13.2 Å². The van der Waals surface area contributed by atoms with Crippen LogP contribution in [-0.2, 0) is 0 Å². The van der Waals surface area contributed by atoms with Crippen LogP contribution >= 0.6 is 0 Å². The van der Waals surface area contributed by atoms with Crippen LogP contribution in [0.25, 0.3) is 0 Å². The van der Waals surface area contributed by atoms with E-state index in [0.29, 0.717) is 30.2 Å². The predicted octanol–water partition coefficient (Wildman–Crippen LogP) is 3.02. The van der Waals surface area contributed by atoms with Crippen LogP contribution < -0.4 is 10.6 Å². The summed E-state index contributed by atoms with van der Waals surface area (Å²) < 4.78 is 38.1. The average Bonchev–Trinajstić information content (AvgIpc) is 3.14. The monoisotopic (exact) mass is 288 g/mol. The molecule has 1 aliphatic carbocycles. The molecule has 1 aliphatic rings. The molecular weight excluding hydrogens is 269 g/mol. The number of halogens is 3. The van der Waals surface area contributed by atoms with Crippen molar-refractivity contribution in [2.45, 2.75) is 45.2 Å². The quantitative estimate of drug-likeness (QED) is 0.905. The van der Waals surface area contributed by atoms with Crippen molar-refractivity contribution in [1.29, 1.82) is 0 Å². The van der Waals surface area contributed by atoms with E-state index in [1.54, 1.807) is 6.92 Å². The molecule has 0 atom stereocenters. The number of hydrogen-bond donors (Lipinski definition) is 1. The number of alkyl halides is 3. The standard InChI is InChI=1S/C13H19F3N4/c1-3-6-20(7-13(14,15)16)12-8(2)10(17)18-11(19-12)9-4-5-9/h9H,3-7H2,1-2H3,(H2,17,18,19). The molecule has 2 N–H and O–H groups in total. The molecule has 2 rings (SSSR count). The van der Waals surface area contributed by atoms with Crippen LogP contribution in [-0.4, -0.2) is 29.2 Å². The van der Waals surface area contributed by atoms with Gasteiger partial charge in [0.1, 0.15) is 24.0 Å². The first-order valence-electron chi connectivity index (χ1n) is 6.77. The Morgan fingerprint density at radius 1 is 1.30 bits per heavy atom. The number of anilines is 2. The fraction of sp³-hybridized carbons (Fsp3) is 0.692. The molecule has 1 saturated carbocycles. The number of nitrogens with zero attached hydrogens (tertiary/aromatic N) is 3. The van der Waals surface area contributed by atoms with E-state index >= 15 is 0 Å². The van der Waals surface area contributed by atoms with Crippen LogP contribution in [0.5, 0.6) is 0 Å². The average molecular weight is 288 g/mol. The Labute approximate surface area is 116 Å². The van der Waals surface area contributed by atoms with E-state index in [9.17, 15) is 13.2 Å². The van der Waals surface area contributed by atoms with Crippen LogP contribution in [0.15, 0.2) is 0 Å².